The van der Waals surface area contributed by atoms with Crippen molar-refractivity contribution in [3.8, 4) is 0 Å². The molecule has 7 nitrogen and oxygen atoms in total. The molecule has 0 unspecified atom stereocenters. The summed E-state index contributed by atoms with van der Waals surface area (Å²) in [7, 11) is 1.66. The summed E-state index contributed by atoms with van der Waals surface area (Å²) in [6.07, 6.45) is 2.83. The normalized spacial score (nSPS) is 18.2. The summed E-state index contributed by atoms with van der Waals surface area (Å²) in [6.45, 7) is 5.66. The average molecular weight is 490 g/mol. The highest BCUT2D eigenvalue weighted by Crippen LogP contribution is 2.38. The molecule has 2 aliphatic heterocycles. The molecule has 7 heteroatoms. The van der Waals surface area contributed by atoms with Gasteiger partial charge < -0.3 is 14.1 Å². The third-order valence-electron chi connectivity index (χ3n) is 7.63. The monoisotopic (exact) mass is 489 g/mol. The molecule has 0 radical (unpaired) electrons. The van der Waals surface area contributed by atoms with Gasteiger partial charge in [0.05, 0.1) is 13.1 Å². The van der Waals surface area contributed by atoms with E-state index in [1.165, 1.54) is 4.90 Å². The van der Waals surface area contributed by atoms with Crippen LogP contribution in [0.2, 0.25) is 0 Å². The predicted octanol–water partition coefficient (Wildman–Crippen LogP) is 4.83. The van der Waals surface area contributed by atoms with E-state index in [-0.39, 0.29) is 11.9 Å². The number of amides is 3. The van der Waals surface area contributed by atoms with E-state index in [9.17, 15) is 9.59 Å². The number of piperidine rings is 1. The summed E-state index contributed by atoms with van der Waals surface area (Å²) in [5, 5.41) is 2.26. The van der Waals surface area contributed by atoms with Gasteiger partial charge in [-0.05, 0) is 53.8 Å². The molecule has 0 bridgehead atoms. The molecule has 190 valence electrons. The van der Waals surface area contributed by atoms with Gasteiger partial charge in [-0.15, -0.1) is 0 Å². The van der Waals surface area contributed by atoms with E-state index in [2.05, 4.69) is 36.1 Å². The van der Waals surface area contributed by atoms with Crippen molar-refractivity contribution in [2.45, 2.75) is 51.2 Å². The lowest BCUT2D eigenvalue weighted by atomic mass is 9.85. The van der Waals surface area contributed by atoms with Crippen LogP contribution in [0, 0.1) is 0 Å². The fourth-order valence-electron chi connectivity index (χ4n) is 5.60. The number of furan rings is 1. The molecule has 0 atom stereocenters. The molecule has 0 saturated carbocycles. The molecule has 2 saturated heterocycles. The summed E-state index contributed by atoms with van der Waals surface area (Å²) in [5.74, 6) is 1.87. The lowest BCUT2D eigenvalue weighted by molar-refractivity contribution is -0.136. The maximum atomic E-state index is 13.9. The Bertz CT molecular complexity index is 1230. The number of hydrogen-bond acceptors (Lipinski definition) is 5. The number of benzene rings is 2. The number of imide groups is 1. The quantitative estimate of drug-likeness (QED) is 0.318. The van der Waals surface area contributed by atoms with Crippen LogP contribution in [0.4, 0.5) is 4.79 Å². The van der Waals surface area contributed by atoms with Crippen molar-refractivity contribution in [3.63, 3.8) is 0 Å². The lowest BCUT2D eigenvalue weighted by Crippen LogP contribution is -2.56. The molecule has 2 aliphatic rings. The Labute approximate surface area is 212 Å². The van der Waals surface area contributed by atoms with Gasteiger partial charge in [-0.3, -0.25) is 14.6 Å². The van der Waals surface area contributed by atoms with Gasteiger partial charge in [-0.25, -0.2) is 4.79 Å². The van der Waals surface area contributed by atoms with Gasteiger partial charge in [0.15, 0.2) is 0 Å². The second-order valence-electron chi connectivity index (χ2n) is 9.88. The Hall–Kier alpha value is -3.16. The molecule has 0 N–H and O–H groups in total. The van der Waals surface area contributed by atoms with E-state index in [0.29, 0.717) is 39.0 Å². The third-order valence-corrected chi connectivity index (χ3v) is 7.63. The molecule has 1 spiro atoms. The lowest BCUT2D eigenvalue weighted by Gasteiger charge is -2.42. The van der Waals surface area contributed by atoms with Crippen molar-refractivity contribution in [3.05, 3.63) is 71.7 Å². The van der Waals surface area contributed by atoms with E-state index in [1.54, 1.807) is 7.11 Å². The van der Waals surface area contributed by atoms with Crippen LogP contribution < -0.4 is 0 Å². The van der Waals surface area contributed by atoms with Gasteiger partial charge in [0.2, 0.25) is 0 Å². The van der Waals surface area contributed by atoms with E-state index in [4.69, 9.17) is 9.15 Å². The van der Waals surface area contributed by atoms with E-state index in [1.807, 2.05) is 35.2 Å². The molecular formula is C29H35N3O4. The molecule has 36 heavy (non-hydrogen) atoms. The van der Waals surface area contributed by atoms with E-state index >= 15 is 0 Å². The summed E-state index contributed by atoms with van der Waals surface area (Å²) in [4.78, 5) is 33.1. The number of rotatable bonds is 9. The fraction of sp³-hybridized carbons (Fsp3) is 0.448. The van der Waals surface area contributed by atoms with Crippen LogP contribution in [0.1, 0.15) is 43.3 Å². The predicted molar refractivity (Wildman–Crippen MR) is 138 cm³/mol. The summed E-state index contributed by atoms with van der Waals surface area (Å²) in [5.41, 5.74) is 0.182. The van der Waals surface area contributed by atoms with Gasteiger partial charge in [0.1, 0.15) is 17.1 Å². The molecule has 3 heterocycles. The zero-order valence-electron chi connectivity index (χ0n) is 21.2. The van der Waals surface area contributed by atoms with Crippen LogP contribution in [-0.4, -0.2) is 65.5 Å². The van der Waals surface area contributed by atoms with Gasteiger partial charge in [0, 0.05) is 39.8 Å². The van der Waals surface area contributed by atoms with Crippen molar-refractivity contribution in [2.24, 2.45) is 0 Å². The number of methoxy groups -OCH3 is 1. The Morgan fingerprint density at radius 2 is 1.69 bits per heavy atom. The molecule has 0 aliphatic carbocycles. The second kappa shape index (κ2) is 10.4. The van der Waals surface area contributed by atoms with Crippen molar-refractivity contribution in [2.75, 3.05) is 33.4 Å². The van der Waals surface area contributed by atoms with Crippen LogP contribution in [0.5, 0.6) is 0 Å². The van der Waals surface area contributed by atoms with Crippen LogP contribution in [0.3, 0.4) is 0 Å². The van der Waals surface area contributed by atoms with Gasteiger partial charge in [0.25, 0.3) is 5.91 Å². The second-order valence-corrected chi connectivity index (χ2v) is 9.88. The van der Waals surface area contributed by atoms with Crippen molar-refractivity contribution < 1.29 is 18.7 Å². The first-order chi connectivity index (χ1) is 17.5. The van der Waals surface area contributed by atoms with Gasteiger partial charge in [-0.2, -0.15) is 0 Å². The maximum Gasteiger partial charge on any atom is 0.327 e. The van der Waals surface area contributed by atoms with Gasteiger partial charge >= 0.3 is 6.03 Å². The number of fused-ring (bicyclic) bond motifs is 1. The Balaban J connectivity index is 1.34. The summed E-state index contributed by atoms with van der Waals surface area (Å²) >= 11 is 0. The standard InChI is InChI=1S/C29H35N3O4/c1-3-25-11-12-26(36-25)21-30-16-13-29(14-17-30)27(33)31(28(34)32(29)15-6-18-35-2)20-22-9-10-23-7-4-5-8-24(23)19-22/h4-5,7-12,19H,3,6,13-18,20-21H2,1-2H3. The van der Waals surface area contributed by atoms with E-state index in [0.717, 1.165) is 53.9 Å². The largest absolute Gasteiger partial charge is 0.465 e. The average Bonchev–Trinajstić information content (AvgIpc) is 3.43. The Morgan fingerprint density at radius 1 is 0.944 bits per heavy atom. The minimum absolute atomic E-state index is 0.0657. The first kappa shape index (κ1) is 24.5. The van der Waals surface area contributed by atoms with Crippen molar-refractivity contribution in [1.82, 2.24) is 14.7 Å². The SMILES string of the molecule is CCc1ccc(CN2CCC3(CC2)C(=O)N(Cc2ccc4ccccc4c2)C(=O)N3CCCOC)o1. The number of nitrogens with zero attached hydrogens (tertiary/aromatic N) is 3. The molecule has 3 amide bonds. The first-order valence-electron chi connectivity index (χ1n) is 12.9. The van der Waals surface area contributed by atoms with Crippen LogP contribution in [-0.2, 0) is 29.0 Å². The van der Waals surface area contributed by atoms with Gasteiger partial charge in [-0.1, -0.05) is 43.3 Å². The van der Waals surface area contributed by atoms with Crippen LogP contribution >= 0.6 is 0 Å². The van der Waals surface area contributed by atoms with Crippen molar-refractivity contribution in [1.29, 1.82) is 0 Å². The molecular weight excluding hydrogens is 454 g/mol. The topological polar surface area (TPSA) is 66.2 Å². The van der Waals surface area contributed by atoms with Crippen LogP contribution in [0.15, 0.2) is 59.0 Å². The Morgan fingerprint density at radius 3 is 2.42 bits per heavy atom. The molecule has 2 fully saturated rings. The minimum Gasteiger partial charge on any atom is -0.465 e. The number of urea groups is 1. The highest BCUT2D eigenvalue weighted by atomic mass is 16.5. The third kappa shape index (κ3) is 4.65. The minimum atomic E-state index is -0.782. The number of ether oxygens (including phenoxy) is 1. The highest BCUT2D eigenvalue weighted by molar-refractivity contribution is 6.07. The zero-order chi connectivity index (χ0) is 25.1. The molecule has 3 aromatic rings. The number of carbonyl (C=O) groups excluding carboxylic acids is 2. The Kier molecular flexibility index (Phi) is 7.12. The van der Waals surface area contributed by atoms with E-state index < -0.39 is 5.54 Å². The maximum absolute atomic E-state index is 13.9. The van der Waals surface area contributed by atoms with Crippen molar-refractivity contribution >= 4 is 22.7 Å². The molecule has 5 rings (SSSR count). The first-order valence-corrected chi connectivity index (χ1v) is 12.9. The number of hydrogen-bond donors (Lipinski definition) is 0. The fourth-order valence-corrected chi connectivity index (χ4v) is 5.60. The number of likely N-dealkylation sites (tertiary alicyclic amines) is 1. The molecule has 2 aromatic carbocycles. The number of carbonyl (C=O) groups is 2. The summed E-state index contributed by atoms with van der Waals surface area (Å²) < 4.78 is 11.1. The highest BCUT2D eigenvalue weighted by Gasteiger charge is 2.57. The smallest absolute Gasteiger partial charge is 0.327 e. The molecule has 1 aromatic heterocycles. The van der Waals surface area contributed by atoms with Crippen LogP contribution in [0.25, 0.3) is 10.8 Å². The number of aryl methyl sites for hydroxylation is 1. The zero-order valence-corrected chi connectivity index (χ0v) is 21.2. The summed E-state index contributed by atoms with van der Waals surface area (Å²) in [6, 6.07) is 18.2.